The van der Waals surface area contributed by atoms with Crippen LogP contribution >= 0.6 is 23.8 Å². The SMILES string of the molecule is COCC(=O)Nc1ccc(N2C(=S)N[C@@H](c3ccccn3)[C@H]2c2cc(C)n(-c3cccc4ccccc34)c2C)cc1Cl. The number of pyridine rings is 1. The Morgan fingerprint density at radius 1 is 1.05 bits per heavy atom. The third kappa shape index (κ3) is 5.02. The van der Waals surface area contributed by atoms with E-state index in [0.717, 1.165) is 34.0 Å². The lowest BCUT2D eigenvalue weighted by Crippen LogP contribution is -2.29. The molecular weight excluding hydrogens is 566 g/mol. The molecule has 2 aromatic heterocycles. The van der Waals surface area contributed by atoms with Crippen LogP contribution in [0.1, 0.15) is 34.7 Å². The molecule has 3 heterocycles. The summed E-state index contributed by atoms with van der Waals surface area (Å²) in [6.45, 7) is 4.23. The summed E-state index contributed by atoms with van der Waals surface area (Å²) in [4.78, 5) is 18.9. The van der Waals surface area contributed by atoms with Crippen LogP contribution in [0.25, 0.3) is 16.5 Å². The lowest BCUT2D eigenvalue weighted by Gasteiger charge is -2.28. The largest absolute Gasteiger partial charge is 0.375 e. The second-order valence-corrected chi connectivity index (χ2v) is 11.1. The van der Waals surface area contributed by atoms with Crippen molar-refractivity contribution in [2.75, 3.05) is 23.9 Å². The van der Waals surface area contributed by atoms with Crippen LogP contribution in [-0.2, 0) is 9.53 Å². The molecule has 1 aliphatic rings. The van der Waals surface area contributed by atoms with Crippen LogP contribution in [0.15, 0.2) is 91.1 Å². The van der Waals surface area contributed by atoms with E-state index in [-0.39, 0.29) is 24.6 Å². The van der Waals surface area contributed by atoms with Crippen LogP contribution < -0.4 is 15.5 Å². The Labute approximate surface area is 255 Å². The van der Waals surface area contributed by atoms with Gasteiger partial charge in [0.05, 0.1) is 34.2 Å². The number of ether oxygens (including phenoxy) is 1. The fourth-order valence-corrected chi connectivity index (χ4v) is 6.45. The first-order chi connectivity index (χ1) is 20.4. The topological polar surface area (TPSA) is 71.4 Å². The van der Waals surface area contributed by atoms with Gasteiger partial charge in [-0.3, -0.25) is 9.78 Å². The number of anilines is 2. The van der Waals surface area contributed by atoms with Gasteiger partial charge in [0, 0.05) is 35.8 Å². The van der Waals surface area contributed by atoms with Crippen LogP contribution in [0.2, 0.25) is 5.02 Å². The van der Waals surface area contributed by atoms with Gasteiger partial charge in [-0.1, -0.05) is 54.1 Å². The molecule has 1 fully saturated rings. The minimum absolute atomic E-state index is 0.0572. The number of nitrogens with one attached hydrogen (secondary N) is 2. The minimum atomic E-state index is -0.278. The third-order valence-corrected chi connectivity index (χ3v) is 8.30. The second-order valence-electron chi connectivity index (χ2n) is 10.3. The number of fused-ring (bicyclic) bond motifs is 1. The molecule has 2 N–H and O–H groups in total. The van der Waals surface area contributed by atoms with E-state index < -0.39 is 0 Å². The maximum atomic E-state index is 12.1. The van der Waals surface area contributed by atoms with Gasteiger partial charge in [0.15, 0.2) is 5.11 Å². The molecule has 212 valence electrons. The lowest BCUT2D eigenvalue weighted by atomic mass is 9.96. The molecule has 42 heavy (non-hydrogen) atoms. The van der Waals surface area contributed by atoms with Crippen LogP contribution in [0.5, 0.6) is 0 Å². The number of halogens is 1. The highest BCUT2D eigenvalue weighted by molar-refractivity contribution is 7.80. The summed E-state index contributed by atoms with van der Waals surface area (Å²) in [7, 11) is 1.47. The number of benzene rings is 3. The van der Waals surface area contributed by atoms with Crippen molar-refractivity contribution in [2.45, 2.75) is 25.9 Å². The molecule has 3 aromatic carbocycles. The summed E-state index contributed by atoms with van der Waals surface area (Å²) >= 11 is 12.6. The zero-order valence-electron chi connectivity index (χ0n) is 23.5. The van der Waals surface area contributed by atoms with Gasteiger partial charge in [0.25, 0.3) is 0 Å². The van der Waals surface area contributed by atoms with Crippen molar-refractivity contribution in [3.8, 4) is 5.69 Å². The molecule has 9 heteroatoms. The number of rotatable bonds is 7. The Bertz CT molecular complexity index is 1800. The van der Waals surface area contributed by atoms with Crippen molar-refractivity contribution >= 4 is 57.0 Å². The number of aromatic nitrogens is 2. The van der Waals surface area contributed by atoms with E-state index in [1.165, 1.54) is 17.9 Å². The van der Waals surface area contributed by atoms with Gasteiger partial charge in [-0.2, -0.15) is 0 Å². The minimum Gasteiger partial charge on any atom is -0.375 e. The van der Waals surface area contributed by atoms with Crippen molar-refractivity contribution in [2.24, 2.45) is 0 Å². The zero-order chi connectivity index (χ0) is 29.4. The Balaban J connectivity index is 1.48. The molecule has 0 bridgehead atoms. The number of thiocarbonyl (C=S) groups is 1. The normalized spacial score (nSPS) is 16.6. The number of amides is 1. The van der Waals surface area contributed by atoms with E-state index in [4.69, 9.17) is 33.5 Å². The second kappa shape index (κ2) is 11.6. The maximum Gasteiger partial charge on any atom is 0.250 e. The van der Waals surface area contributed by atoms with Crippen molar-refractivity contribution in [3.63, 3.8) is 0 Å². The molecule has 6 rings (SSSR count). The smallest absolute Gasteiger partial charge is 0.250 e. The van der Waals surface area contributed by atoms with E-state index in [9.17, 15) is 4.79 Å². The van der Waals surface area contributed by atoms with Crippen molar-refractivity contribution in [1.29, 1.82) is 0 Å². The number of carbonyl (C=O) groups excluding carboxylic acids is 1. The van der Waals surface area contributed by atoms with Gasteiger partial charge in [-0.05, 0) is 79.5 Å². The first-order valence-corrected chi connectivity index (χ1v) is 14.4. The summed E-state index contributed by atoms with van der Waals surface area (Å²) in [5, 5.41) is 9.67. The summed E-state index contributed by atoms with van der Waals surface area (Å²) in [6, 6.07) is 28.1. The molecule has 1 amide bonds. The van der Waals surface area contributed by atoms with Gasteiger partial charge < -0.3 is 24.8 Å². The first kappa shape index (κ1) is 27.9. The molecule has 0 spiro atoms. The van der Waals surface area contributed by atoms with E-state index >= 15 is 0 Å². The van der Waals surface area contributed by atoms with Gasteiger partial charge >= 0.3 is 0 Å². The van der Waals surface area contributed by atoms with Crippen LogP contribution in [0.4, 0.5) is 11.4 Å². The van der Waals surface area contributed by atoms with Crippen molar-refractivity contribution in [3.05, 3.63) is 119 Å². The Kier molecular flexibility index (Phi) is 7.68. The average molecular weight is 596 g/mol. The van der Waals surface area contributed by atoms with E-state index in [2.05, 4.69) is 82.5 Å². The predicted molar refractivity (Wildman–Crippen MR) is 173 cm³/mol. The monoisotopic (exact) mass is 595 g/mol. The standard InChI is InChI=1S/C33H30ClN5O2S/c1-20-17-25(21(2)38(20)29-13-8-10-22-9-4-5-11-24(22)29)32-31(28-12-6-7-16-35-28)37-33(42)39(32)23-14-15-27(26(34)18-23)36-30(40)19-41-3/h4-18,31-32H,19H2,1-3H3,(H,36,40)(H,37,42)/t31-,32+/m0/s1. The lowest BCUT2D eigenvalue weighted by molar-refractivity contribution is -0.119. The predicted octanol–water partition coefficient (Wildman–Crippen LogP) is 7.06. The highest BCUT2D eigenvalue weighted by atomic mass is 35.5. The molecule has 0 unspecified atom stereocenters. The first-order valence-electron chi connectivity index (χ1n) is 13.6. The molecular formula is C33H30ClN5O2S. The highest BCUT2D eigenvalue weighted by Gasteiger charge is 2.42. The number of methoxy groups -OCH3 is 1. The van der Waals surface area contributed by atoms with Gasteiger partial charge in [0.1, 0.15) is 6.61 Å². The maximum absolute atomic E-state index is 12.1. The summed E-state index contributed by atoms with van der Waals surface area (Å²) in [5.74, 6) is -0.278. The van der Waals surface area contributed by atoms with E-state index in [1.54, 1.807) is 12.3 Å². The Hall–Kier alpha value is -4.24. The summed E-state index contributed by atoms with van der Waals surface area (Å²) in [6.07, 6.45) is 1.80. The molecule has 7 nitrogen and oxygen atoms in total. The number of carbonyl (C=O) groups is 1. The summed E-state index contributed by atoms with van der Waals surface area (Å²) < 4.78 is 7.25. The molecule has 5 aromatic rings. The molecule has 1 saturated heterocycles. The molecule has 2 atom stereocenters. The van der Waals surface area contributed by atoms with Gasteiger partial charge in [0.2, 0.25) is 5.91 Å². The molecule has 0 saturated carbocycles. The van der Waals surface area contributed by atoms with E-state index in [1.807, 2.05) is 30.3 Å². The number of hydrogen-bond acceptors (Lipinski definition) is 4. The fraction of sp³-hybridized carbons (Fsp3) is 0.182. The van der Waals surface area contributed by atoms with Gasteiger partial charge in [-0.25, -0.2) is 0 Å². The summed E-state index contributed by atoms with van der Waals surface area (Å²) in [5.41, 5.74) is 6.68. The van der Waals surface area contributed by atoms with Crippen molar-refractivity contribution in [1.82, 2.24) is 14.9 Å². The molecule has 0 aliphatic carbocycles. The number of nitrogens with zero attached hydrogens (tertiary/aromatic N) is 3. The number of aryl methyl sites for hydroxylation is 1. The molecule has 1 aliphatic heterocycles. The highest BCUT2D eigenvalue weighted by Crippen LogP contribution is 2.45. The Morgan fingerprint density at radius 2 is 1.83 bits per heavy atom. The average Bonchev–Trinajstić information content (AvgIpc) is 3.49. The van der Waals surface area contributed by atoms with Crippen LogP contribution in [-0.4, -0.2) is 34.3 Å². The zero-order valence-corrected chi connectivity index (χ0v) is 25.0. The van der Waals surface area contributed by atoms with Crippen LogP contribution in [0.3, 0.4) is 0 Å². The third-order valence-electron chi connectivity index (χ3n) is 7.67. The molecule has 0 radical (unpaired) electrons. The quantitative estimate of drug-likeness (QED) is 0.196. The Morgan fingerprint density at radius 3 is 2.60 bits per heavy atom. The van der Waals surface area contributed by atoms with Crippen LogP contribution in [0, 0.1) is 13.8 Å². The van der Waals surface area contributed by atoms with Gasteiger partial charge in [-0.15, -0.1) is 0 Å². The number of hydrogen-bond donors (Lipinski definition) is 2. The fourth-order valence-electron chi connectivity index (χ4n) is 5.88. The van der Waals surface area contributed by atoms with E-state index in [0.29, 0.717) is 15.8 Å². The van der Waals surface area contributed by atoms with Crippen molar-refractivity contribution < 1.29 is 9.53 Å².